The van der Waals surface area contributed by atoms with E-state index in [-0.39, 0.29) is 19.3 Å². The molecule has 0 aromatic heterocycles. The van der Waals surface area contributed by atoms with Crippen molar-refractivity contribution in [1.82, 2.24) is 0 Å². The normalized spacial score (nSPS) is 14.6. The van der Waals surface area contributed by atoms with Gasteiger partial charge < -0.3 is 34.2 Å². The van der Waals surface area contributed by atoms with Crippen molar-refractivity contribution < 1.29 is 75.8 Å². The number of phosphoric ester groups is 2. The predicted octanol–water partition coefficient (Wildman–Crippen LogP) is 24.1. The number of ether oxygens (including phenoxy) is 3. The Morgan fingerprint density at radius 1 is 0.282 bits per heavy atom. The fourth-order valence-electron chi connectivity index (χ4n) is 10.9. The quantitative estimate of drug-likeness (QED) is 0.0146. The first-order valence-electron chi connectivity index (χ1n) is 40.8. The predicted molar refractivity (Wildman–Crippen MR) is 427 cm³/mol. The van der Waals surface area contributed by atoms with Crippen molar-refractivity contribution in [3.05, 3.63) is 122 Å². The van der Waals surface area contributed by atoms with Crippen molar-refractivity contribution >= 4 is 33.6 Å². The molecule has 103 heavy (non-hydrogen) atoms. The van der Waals surface area contributed by atoms with Crippen LogP contribution in [0.5, 0.6) is 0 Å². The lowest BCUT2D eigenvalue weighted by atomic mass is 10.0. The number of unbranched alkanes of at least 4 members (excludes halogenated alkanes) is 34. The minimum atomic E-state index is -4.94. The minimum Gasteiger partial charge on any atom is -0.463 e. The largest absolute Gasteiger partial charge is 0.472 e. The third-order valence-corrected chi connectivity index (χ3v) is 19.0. The summed E-state index contributed by atoms with van der Waals surface area (Å²) in [5.74, 6) is -1.61. The van der Waals surface area contributed by atoms with Crippen LogP contribution in [0, 0.1) is 0 Å². The van der Waals surface area contributed by atoms with E-state index in [2.05, 4.69) is 142 Å². The molecule has 0 aromatic rings. The summed E-state index contributed by atoms with van der Waals surface area (Å²) in [5, 5.41) is 20.6. The van der Waals surface area contributed by atoms with Gasteiger partial charge in [0.1, 0.15) is 25.4 Å². The lowest BCUT2D eigenvalue weighted by molar-refractivity contribution is -0.161. The van der Waals surface area contributed by atoms with Gasteiger partial charge in [0.05, 0.1) is 26.4 Å². The number of carbonyl (C=O) groups excluding carboxylic acids is 3. The average Bonchev–Trinajstić information content (AvgIpc) is 0.927. The molecule has 0 spiro atoms. The van der Waals surface area contributed by atoms with Crippen LogP contribution >= 0.6 is 15.6 Å². The second-order valence-electron chi connectivity index (χ2n) is 27.2. The number of rotatable bonds is 77. The summed E-state index contributed by atoms with van der Waals surface area (Å²) >= 11 is 0. The van der Waals surface area contributed by atoms with Crippen LogP contribution in [-0.2, 0) is 55.8 Å². The summed E-state index contributed by atoms with van der Waals surface area (Å²) in [6.07, 6.45) is 92.7. The van der Waals surface area contributed by atoms with Crippen LogP contribution < -0.4 is 0 Å². The number of esters is 3. The maximum absolute atomic E-state index is 12.9. The van der Waals surface area contributed by atoms with E-state index in [1.54, 1.807) is 0 Å². The minimum absolute atomic E-state index is 0.0814. The molecule has 0 fully saturated rings. The van der Waals surface area contributed by atoms with Gasteiger partial charge in [0.25, 0.3) is 0 Å². The van der Waals surface area contributed by atoms with Gasteiger partial charge in [-0.05, 0) is 135 Å². The van der Waals surface area contributed by atoms with E-state index in [4.69, 9.17) is 32.3 Å². The van der Waals surface area contributed by atoms with Gasteiger partial charge in [0, 0.05) is 19.3 Å². The first kappa shape index (κ1) is 98.9. The van der Waals surface area contributed by atoms with Crippen molar-refractivity contribution in [2.24, 2.45) is 0 Å². The lowest BCUT2D eigenvalue weighted by Gasteiger charge is -2.21. The summed E-state index contributed by atoms with van der Waals surface area (Å²) in [7, 11) is -9.80. The van der Waals surface area contributed by atoms with Crippen molar-refractivity contribution in [1.29, 1.82) is 0 Å². The summed E-state index contributed by atoms with van der Waals surface area (Å²) in [6, 6.07) is 0. The Morgan fingerprint density at radius 3 is 0.816 bits per heavy atom. The highest BCUT2D eigenvalue weighted by Gasteiger charge is 2.29. The van der Waals surface area contributed by atoms with Crippen LogP contribution in [0.1, 0.15) is 342 Å². The molecule has 0 aromatic carbocycles. The molecule has 0 bridgehead atoms. The monoisotopic (exact) mass is 1490 g/mol. The molecule has 0 aliphatic rings. The molecular weight excluding hydrogens is 1340 g/mol. The van der Waals surface area contributed by atoms with E-state index in [9.17, 15) is 43.5 Å². The molecule has 0 aliphatic heterocycles. The Bertz CT molecular complexity index is 2360. The summed E-state index contributed by atoms with van der Waals surface area (Å²) in [5.41, 5.74) is 0. The highest BCUT2D eigenvalue weighted by Crippen LogP contribution is 2.45. The van der Waals surface area contributed by atoms with Crippen molar-refractivity contribution in [3.63, 3.8) is 0 Å². The number of hydrogen-bond acceptors (Lipinski definition) is 14. The molecule has 0 heterocycles. The van der Waals surface area contributed by atoms with Crippen LogP contribution in [0.2, 0.25) is 0 Å². The molecule has 5 atom stereocenters. The SMILES string of the molecule is CC/C=C\C/C=C\C/C=C\C/C=C\CCCCCCC(=O)OCC(COP(=O)(O)OCC(O)COP(=O)(O)OCC(O)COC(=O)CCCCCCCCCCCCCCCCCCCCC/C=C\C/C=C\C/C=C\C/C=C\CCCCC)OC(=O)CCCCCCC/C=C\C/C=C\CCCCC. The maximum atomic E-state index is 12.9. The van der Waals surface area contributed by atoms with Gasteiger partial charge in [0.2, 0.25) is 0 Å². The molecule has 0 saturated heterocycles. The molecule has 0 radical (unpaired) electrons. The van der Waals surface area contributed by atoms with Crippen molar-refractivity contribution in [2.45, 2.75) is 360 Å². The molecule has 16 nitrogen and oxygen atoms in total. The number of aliphatic hydroxyl groups excluding tert-OH is 2. The Hall–Kier alpha value is -4.05. The van der Waals surface area contributed by atoms with Gasteiger partial charge in [-0.1, -0.05) is 309 Å². The second kappa shape index (κ2) is 77.6. The van der Waals surface area contributed by atoms with Crippen molar-refractivity contribution in [3.8, 4) is 0 Å². The van der Waals surface area contributed by atoms with E-state index in [0.29, 0.717) is 19.3 Å². The molecule has 0 rings (SSSR count). The third kappa shape index (κ3) is 78.8. The summed E-state index contributed by atoms with van der Waals surface area (Å²) < 4.78 is 61.1. The molecule has 4 N–H and O–H groups in total. The highest BCUT2D eigenvalue weighted by molar-refractivity contribution is 7.47. The average molecular weight is 1490 g/mol. The van der Waals surface area contributed by atoms with E-state index in [0.717, 1.165) is 135 Å². The van der Waals surface area contributed by atoms with Gasteiger partial charge in [0.15, 0.2) is 6.10 Å². The molecule has 0 amide bonds. The molecule has 0 saturated carbocycles. The van der Waals surface area contributed by atoms with Gasteiger partial charge in [-0.2, -0.15) is 0 Å². The number of phosphoric acid groups is 2. The number of aliphatic hydroxyl groups is 2. The van der Waals surface area contributed by atoms with E-state index < -0.39 is 91.5 Å². The zero-order valence-corrected chi connectivity index (χ0v) is 66.7. The Balaban J connectivity index is 4.39. The molecule has 5 unspecified atom stereocenters. The third-order valence-electron chi connectivity index (χ3n) is 17.1. The van der Waals surface area contributed by atoms with Gasteiger partial charge in [-0.3, -0.25) is 32.5 Å². The van der Waals surface area contributed by atoms with Crippen molar-refractivity contribution in [2.75, 3.05) is 39.6 Å². The van der Waals surface area contributed by atoms with Crippen LogP contribution in [0.3, 0.4) is 0 Å². The number of allylic oxidation sites excluding steroid dienone is 20. The first-order chi connectivity index (χ1) is 50.2. The van der Waals surface area contributed by atoms with Crippen LogP contribution in [0.25, 0.3) is 0 Å². The maximum Gasteiger partial charge on any atom is 0.472 e. The Labute approximate surface area is 627 Å². The van der Waals surface area contributed by atoms with Crippen LogP contribution in [0.4, 0.5) is 0 Å². The molecular formula is C85H148O16P2. The Kier molecular flexibility index (Phi) is 74.5. The number of hydrogen-bond donors (Lipinski definition) is 4. The summed E-state index contributed by atoms with van der Waals surface area (Å²) in [6.45, 7) is 2.49. The standard InChI is InChI=1S/C85H148O16P2/c1-4-7-10-13-16-19-22-25-28-30-31-32-33-34-35-36-37-38-39-40-41-42-43-44-45-46-47-49-52-53-56-59-62-65-68-71-83(88)95-74-80(86)75-97-102(91,92)98-76-81(87)77-99-103(93,94)100-79-82(101-85(90)73-70-67-64-61-58-55-50-27-24-21-18-15-12-9-6-3)78-96-84(89)72-69-66-63-60-57-54-51-48-29-26-23-20-17-14-11-8-5-2/h8,11,16-21,25-29,31-32,34-35,50-51,54,80-82,86-87H,4-7,9-10,12-15,22-24,30,33,36-49,52-53,55-79H2,1-3H3,(H,91,92)(H,93,94)/b11-8-,19-16-,20-17-,21-18-,28-25-,29-26-,32-31-,35-34-,50-27-,54-51-. The van der Waals surface area contributed by atoms with Gasteiger partial charge in [-0.25, -0.2) is 9.13 Å². The van der Waals surface area contributed by atoms with E-state index in [1.165, 1.54) is 148 Å². The fourth-order valence-corrected chi connectivity index (χ4v) is 12.5. The second-order valence-corrected chi connectivity index (χ2v) is 30.1. The van der Waals surface area contributed by atoms with Gasteiger partial charge >= 0.3 is 33.6 Å². The highest BCUT2D eigenvalue weighted by atomic mass is 31.2. The molecule has 0 aliphatic carbocycles. The number of carbonyl (C=O) groups is 3. The Morgan fingerprint density at radius 2 is 0.515 bits per heavy atom. The molecule has 594 valence electrons. The zero-order valence-electron chi connectivity index (χ0n) is 65.0. The van der Waals surface area contributed by atoms with E-state index >= 15 is 0 Å². The summed E-state index contributed by atoms with van der Waals surface area (Å²) in [4.78, 5) is 58.6. The zero-order chi connectivity index (χ0) is 75.2. The lowest BCUT2D eigenvalue weighted by Crippen LogP contribution is -2.30. The van der Waals surface area contributed by atoms with E-state index in [1.807, 2.05) is 0 Å². The first-order valence-corrected chi connectivity index (χ1v) is 43.8. The topological polar surface area (TPSA) is 231 Å². The smallest absolute Gasteiger partial charge is 0.463 e. The van der Waals surface area contributed by atoms with Crippen LogP contribution in [0.15, 0.2) is 122 Å². The van der Waals surface area contributed by atoms with Gasteiger partial charge in [-0.15, -0.1) is 0 Å². The fraction of sp³-hybridized carbons (Fsp3) is 0.729. The molecule has 18 heteroatoms. The van der Waals surface area contributed by atoms with Crippen LogP contribution in [-0.4, -0.2) is 95.9 Å².